The highest BCUT2D eigenvalue weighted by atomic mass is 32.2. The summed E-state index contributed by atoms with van der Waals surface area (Å²) in [6.07, 6.45) is 1.43. The molecule has 3 aromatic rings. The first-order valence-electron chi connectivity index (χ1n) is 6.06. The normalized spacial score (nSPS) is 11.3. The Kier molecular flexibility index (Phi) is 3.82. The van der Waals surface area contributed by atoms with E-state index in [1.807, 2.05) is 36.4 Å². The van der Waals surface area contributed by atoms with Crippen molar-refractivity contribution in [3.63, 3.8) is 0 Å². The average molecular weight is 301 g/mol. The summed E-state index contributed by atoms with van der Waals surface area (Å²) >= 11 is 0. The van der Waals surface area contributed by atoms with Gasteiger partial charge in [0, 0.05) is 5.39 Å². The number of benzene rings is 3. The molecule has 4 nitrogen and oxygen atoms in total. The fourth-order valence-corrected chi connectivity index (χ4v) is 3.36. The summed E-state index contributed by atoms with van der Waals surface area (Å²) in [6, 6.07) is 14.8. The van der Waals surface area contributed by atoms with E-state index in [9.17, 15) is 13.0 Å². The van der Waals surface area contributed by atoms with Crippen molar-refractivity contribution in [3.8, 4) is 0 Å². The first-order chi connectivity index (χ1) is 9.50. The van der Waals surface area contributed by atoms with E-state index in [4.69, 9.17) is 0 Å². The van der Waals surface area contributed by atoms with Crippen LogP contribution in [0.4, 0.5) is 0 Å². The molecule has 0 spiro atoms. The van der Waals surface area contributed by atoms with Crippen LogP contribution in [0.5, 0.6) is 0 Å². The summed E-state index contributed by atoms with van der Waals surface area (Å²) in [5.41, 5.74) is 0.398. The predicted octanol–water partition coefficient (Wildman–Crippen LogP) is 4.04. The average Bonchev–Trinajstić information content (AvgIpc) is 2.42. The molecule has 0 amide bonds. The van der Waals surface area contributed by atoms with Gasteiger partial charge in [0.1, 0.15) is 4.90 Å². The molecule has 5 heteroatoms. The van der Waals surface area contributed by atoms with Crippen LogP contribution < -0.4 is 6.15 Å². The van der Waals surface area contributed by atoms with E-state index in [1.165, 1.54) is 6.08 Å². The number of hydrogen-bond donors (Lipinski definition) is 2. The molecule has 0 fully saturated rings. The minimum Gasteiger partial charge on any atom is -0.344 e. The highest BCUT2D eigenvalue weighted by Gasteiger charge is 2.18. The van der Waals surface area contributed by atoms with Crippen LogP contribution in [0.2, 0.25) is 0 Å². The number of fused-ring (bicyclic) bond motifs is 2. The Morgan fingerprint density at radius 3 is 2.14 bits per heavy atom. The van der Waals surface area contributed by atoms with Gasteiger partial charge in [-0.05, 0) is 33.9 Å². The van der Waals surface area contributed by atoms with Crippen molar-refractivity contribution in [1.82, 2.24) is 6.15 Å². The molecular weight excluding hydrogens is 286 g/mol. The van der Waals surface area contributed by atoms with E-state index in [2.05, 4.69) is 6.58 Å². The van der Waals surface area contributed by atoms with E-state index in [0.29, 0.717) is 10.9 Å². The second-order valence-electron chi connectivity index (χ2n) is 4.58. The lowest BCUT2D eigenvalue weighted by Gasteiger charge is -2.09. The Hall–Kier alpha value is -2.21. The van der Waals surface area contributed by atoms with Crippen molar-refractivity contribution in [2.75, 3.05) is 0 Å². The van der Waals surface area contributed by atoms with Crippen molar-refractivity contribution in [1.29, 1.82) is 0 Å². The topological polar surface area (TPSA) is 89.4 Å². The van der Waals surface area contributed by atoms with Crippen LogP contribution in [0.15, 0.2) is 60.0 Å². The van der Waals surface area contributed by atoms with Crippen molar-refractivity contribution in [2.45, 2.75) is 4.90 Å². The zero-order valence-electron chi connectivity index (χ0n) is 11.3. The summed E-state index contributed by atoms with van der Waals surface area (Å²) in [6.45, 7) is 3.60. The van der Waals surface area contributed by atoms with Gasteiger partial charge in [-0.25, -0.2) is 0 Å². The Morgan fingerprint density at radius 2 is 1.57 bits per heavy atom. The van der Waals surface area contributed by atoms with Gasteiger partial charge in [-0.2, -0.15) is 8.42 Å². The summed E-state index contributed by atoms with van der Waals surface area (Å²) in [7, 11) is -4.31. The zero-order chi connectivity index (χ0) is 14.3. The van der Waals surface area contributed by atoms with Crippen LogP contribution in [0.3, 0.4) is 0 Å². The molecule has 0 aromatic heterocycles. The maximum absolute atomic E-state index is 11.7. The van der Waals surface area contributed by atoms with Gasteiger partial charge in [0.05, 0.1) is 0 Å². The molecule has 3 rings (SSSR count). The lowest BCUT2D eigenvalue weighted by atomic mass is 10.0. The number of hydrogen-bond acceptors (Lipinski definition) is 3. The fourth-order valence-electron chi connectivity index (χ4n) is 2.45. The predicted molar refractivity (Wildman–Crippen MR) is 86.4 cm³/mol. The molecule has 0 aliphatic carbocycles. The van der Waals surface area contributed by atoms with Crippen molar-refractivity contribution in [2.24, 2.45) is 0 Å². The van der Waals surface area contributed by atoms with E-state index in [-0.39, 0.29) is 11.0 Å². The van der Waals surface area contributed by atoms with Crippen molar-refractivity contribution >= 4 is 37.7 Å². The van der Waals surface area contributed by atoms with Gasteiger partial charge in [-0.1, -0.05) is 49.1 Å². The second-order valence-corrected chi connectivity index (χ2v) is 5.94. The van der Waals surface area contributed by atoms with E-state index < -0.39 is 10.1 Å². The summed E-state index contributed by atoms with van der Waals surface area (Å²) in [4.78, 5) is -0.0873. The van der Waals surface area contributed by atoms with Gasteiger partial charge in [0.25, 0.3) is 10.1 Å². The molecule has 0 saturated heterocycles. The zero-order valence-corrected chi connectivity index (χ0v) is 12.1. The third-order valence-electron chi connectivity index (χ3n) is 3.34. The smallest absolute Gasteiger partial charge is 0.295 e. The molecule has 4 N–H and O–H groups in total. The molecule has 0 unspecified atom stereocenters. The van der Waals surface area contributed by atoms with Gasteiger partial charge < -0.3 is 6.15 Å². The van der Waals surface area contributed by atoms with E-state index >= 15 is 0 Å². The van der Waals surface area contributed by atoms with Crippen LogP contribution in [0, 0.1) is 0 Å². The van der Waals surface area contributed by atoms with Crippen LogP contribution in [0.1, 0.15) is 5.56 Å². The summed E-state index contributed by atoms with van der Waals surface area (Å²) in [5.74, 6) is 0. The minimum absolute atomic E-state index is 0. The third kappa shape index (κ3) is 2.54. The van der Waals surface area contributed by atoms with Gasteiger partial charge in [-0.3, -0.25) is 4.55 Å². The van der Waals surface area contributed by atoms with Crippen molar-refractivity contribution < 1.29 is 13.0 Å². The first-order valence-corrected chi connectivity index (χ1v) is 7.50. The van der Waals surface area contributed by atoms with E-state index in [0.717, 1.165) is 16.2 Å². The highest BCUT2D eigenvalue weighted by molar-refractivity contribution is 7.86. The monoisotopic (exact) mass is 301 g/mol. The molecule has 108 valence electrons. The standard InChI is InChI=1S/C16H12O3S.H3N/c1-2-11-7-8-14-9-12-5-3-4-6-13(12)10-15(14)16(11)20(17,18)19;/h2-10H,1H2,(H,17,18,19);1H3. The van der Waals surface area contributed by atoms with Crippen LogP contribution in [0.25, 0.3) is 27.6 Å². The Labute approximate surface area is 123 Å². The fraction of sp³-hybridized carbons (Fsp3) is 0. The molecule has 0 heterocycles. The highest BCUT2D eigenvalue weighted by Crippen LogP contribution is 2.31. The molecule has 21 heavy (non-hydrogen) atoms. The SMILES string of the molecule is C=Cc1ccc2cc3ccccc3cc2c1S(=O)(=O)O.N. The summed E-state index contributed by atoms with van der Waals surface area (Å²) in [5, 5.41) is 3.21. The lowest BCUT2D eigenvalue weighted by Crippen LogP contribution is -2.02. The van der Waals surface area contributed by atoms with Crippen LogP contribution >= 0.6 is 0 Å². The largest absolute Gasteiger partial charge is 0.344 e. The Balaban J connectivity index is 0.00000161. The Morgan fingerprint density at radius 1 is 0.952 bits per heavy atom. The van der Waals surface area contributed by atoms with Gasteiger partial charge in [0.2, 0.25) is 0 Å². The van der Waals surface area contributed by atoms with Crippen molar-refractivity contribution in [3.05, 3.63) is 60.7 Å². The lowest BCUT2D eigenvalue weighted by molar-refractivity contribution is 0.484. The number of rotatable bonds is 2. The molecule has 0 saturated carbocycles. The molecule has 3 aromatic carbocycles. The van der Waals surface area contributed by atoms with Gasteiger partial charge in [0.15, 0.2) is 0 Å². The Bertz CT molecular complexity index is 946. The molecular formula is C16H15NO3S. The van der Waals surface area contributed by atoms with Crippen LogP contribution in [-0.4, -0.2) is 13.0 Å². The first kappa shape index (κ1) is 15.2. The molecule has 0 aliphatic rings. The van der Waals surface area contributed by atoms with E-state index in [1.54, 1.807) is 12.1 Å². The third-order valence-corrected chi connectivity index (χ3v) is 4.32. The van der Waals surface area contributed by atoms with Gasteiger partial charge in [-0.15, -0.1) is 0 Å². The second kappa shape index (κ2) is 5.29. The molecule has 0 bridgehead atoms. The van der Waals surface area contributed by atoms with Crippen LogP contribution in [-0.2, 0) is 10.1 Å². The molecule has 0 atom stereocenters. The quantitative estimate of drug-likeness (QED) is 0.552. The molecule has 0 radical (unpaired) electrons. The summed E-state index contributed by atoms with van der Waals surface area (Å²) < 4.78 is 32.8. The molecule has 0 aliphatic heterocycles. The van der Waals surface area contributed by atoms with Gasteiger partial charge >= 0.3 is 0 Å². The maximum atomic E-state index is 11.7. The minimum atomic E-state index is -4.31. The maximum Gasteiger partial charge on any atom is 0.295 e.